The Labute approximate surface area is 62.3 Å². The van der Waals surface area contributed by atoms with Crippen LogP contribution in [0.3, 0.4) is 0 Å². The Morgan fingerprint density at radius 2 is 2.40 bits per heavy atom. The van der Waals surface area contributed by atoms with E-state index in [1.807, 2.05) is 0 Å². The Morgan fingerprint density at radius 3 is 3.20 bits per heavy atom. The van der Waals surface area contributed by atoms with E-state index in [2.05, 4.69) is 27.8 Å². The summed E-state index contributed by atoms with van der Waals surface area (Å²) in [6.07, 6.45) is 3.22. The summed E-state index contributed by atoms with van der Waals surface area (Å²) in [5.41, 5.74) is 0. The molecule has 5 heteroatoms. The van der Waals surface area contributed by atoms with Crippen LogP contribution in [-0.2, 0) is 0 Å². The smallest absolute Gasteiger partial charge is 0.255 e. The van der Waals surface area contributed by atoms with Crippen LogP contribution in [0.4, 0.5) is 0 Å². The van der Waals surface area contributed by atoms with Gasteiger partial charge in [0.2, 0.25) is 0 Å². The summed E-state index contributed by atoms with van der Waals surface area (Å²) in [6, 6.07) is 1.78. The number of thiol groups is 1. The third kappa shape index (κ3) is 0.672. The quantitative estimate of drug-likeness (QED) is 0.439. The summed E-state index contributed by atoms with van der Waals surface area (Å²) in [7, 11) is 0. The van der Waals surface area contributed by atoms with Crippen LogP contribution in [0.25, 0.3) is 5.78 Å². The number of hydrogen-bond donors (Lipinski definition) is 1. The Hall–Kier alpha value is -1.10. The molecule has 0 atom stereocenters. The normalized spacial score (nSPS) is 10.5. The molecule has 0 radical (unpaired) electrons. The van der Waals surface area contributed by atoms with E-state index in [4.69, 9.17) is 0 Å². The molecule has 10 heavy (non-hydrogen) atoms. The molecule has 2 heterocycles. The lowest BCUT2D eigenvalue weighted by Crippen LogP contribution is -1.87. The molecule has 50 valence electrons. The second-order valence-electron chi connectivity index (χ2n) is 1.80. The maximum atomic E-state index is 4.16. The van der Waals surface area contributed by atoms with Crippen molar-refractivity contribution in [2.24, 2.45) is 0 Å². The summed E-state index contributed by atoms with van der Waals surface area (Å²) in [5.74, 6) is 0.576. The van der Waals surface area contributed by atoms with Crippen molar-refractivity contribution in [3.8, 4) is 0 Å². The van der Waals surface area contributed by atoms with Crippen LogP contribution in [0.5, 0.6) is 0 Å². The predicted molar refractivity (Wildman–Crippen MR) is 38.0 cm³/mol. The summed E-state index contributed by atoms with van der Waals surface area (Å²) in [4.78, 5) is 3.94. The monoisotopic (exact) mass is 152 g/mol. The van der Waals surface area contributed by atoms with Crippen molar-refractivity contribution in [2.45, 2.75) is 5.03 Å². The second-order valence-corrected chi connectivity index (χ2v) is 2.26. The van der Waals surface area contributed by atoms with E-state index in [0.29, 0.717) is 5.78 Å². The molecule has 0 unspecified atom stereocenters. The van der Waals surface area contributed by atoms with E-state index < -0.39 is 0 Å². The zero-order valence-corrected chi connectivity index (χ0v) is 5.86. The van der Waals surface area contributed by atoms with E-state index in [1.165, 1.54) is 0 Å². The Balaban J connectivity index is 2.95. The lowest BCUT2D eigenvalue weighted by molar-refractivity contribution is 0.983. The molecule has 0 aliphatic carbocycles. The highest BCUT2D eigenvalue weighted by molar-refractivity contribution is 7.80. The highest BCUT2D eigenvalue weighted by Crippen LogP contribution is 2.04. The third-order valence-corrected chi connectivity index (χ3v) is 1.55. The molecule has 2 aromatic rings. The van der Waals surface area contributed by atoms with Gasteiger partial charge < -0.3 is 0 Å². The largest absolute Gasteiger partial charge is 0.260 e. The fraction of sp³-hybridized carbons (Fsp3) is 0. The number of aromatic nitrogens is 4. The predicted octanol–water partition coefficient (Wildman–Crippen LogP) is 0.413. The number of rotatable bonds is 0. The van der Waals surface area contributed by atoms with Gasteiger partial charge in [0.1, 0.15) is 6.33 Å². The van der Waals surface area contributed by atoms with Gasteiger partial charge in [-0.25, -0.2) is 4.98 Å². The minimum absolute atomic E-state index is 0.576. The summed E-state index contributed by atoms with van der Waals surface area (Å²) >= 11 is 4.16. The SMILES string of the molecule is Sc1ccnc2nncn12. The summed E-state index contributed by atoms with van der Waals surface area (Å²) in [6.45, 7) is 0. The van der Waals surface area contributed by atoms with E-state index in [9.17, 15) is 0 Å². The van der Waals surface area contributed by atoms with Crippen LogP contribution in [0.2, 0.25) is 0 Å². The molecule has 0 aromatic carbocycles. The molecule has 0 N–H and O–H groups in total. The van der Waals surface area contributed by atoms with Crippen molar-refractivity contribution in [3.05, 3.63) is 18.6 Å². The van der Waals surface area contributed by atoms with Crippen molar-refractivity contribution >= 4 is 18.4 Å². The summed E-state index contributed by atoms with van der Waals surface area (Å²) in [5, 5.41) is 8.18. The first-order chi connectivity index (χ1) is 4.88. The fourth-order valence-electron chi connectivity index (χ4n) is 0.729. The van der Waals surface area contributed by atoms with E-state index in [-0.39, 0.29) is 0 Å². The van der Waals surface area contributed by atoms with Crippen molar-refractivity contribution in [1.82, 2.24) is 19.6 Å². The lowest BCUT2D eigenvalue weighted by atomic mass is 10.7. The Kier molecular flexibility index (Phi) is 1.10. The molecule has 0 fully saturated rings. The van der Waals surface area contributed by atoms with Gasteiger partial charge in [-0.3, -0.25) is 4.40 Å². The van der Waals surface area contributed by atoms with Crippen LogP contribution in [-0.4, -0.2) is 19.6 Å². The van der Waals surface area contributed by atoms with Crippen LogP contribution < -0.4 is 0 Å². The topological polar surface area (TPSA) is 43.1 Å². The van der Waals surface area contributed by atoms with Gasteiger partial charge in [-0.2, -0.15) is 0 Å². The number of hydrogen-bond acceptors (Lipinski definition) is 4. The molecular formula is C5H4N4S. The molecule has 0 saturated carbocycles. The second kappa shape index (κ2) is 1.95. The molecule has 2 aromatic heterocycles. The van der Waals surface area contributed by atoms with Crippen molar-refractivity contribution < 1.29 is 0 Å². The Bertz CT molecular complexity index is 355. The minimum atomic E-state index is 0.576. The zero-order chi connectivity index (χ0) is 6.97. The first kappa shape index (κ1) is 5.67. The average Bonchev–Trinajstić information content (AvgIpc) is 2.36. The van der Waals surface area contributed by atoms with Crippen LogP contribution in [0.15, 0.2) is 23.6 Å². The van der Waals surface area contributed by atoms with Gasteiger partial charge in [0, 0.05) is 6.20 Å². The Morgan fingerprint density at radius 1 is 1.50 bits per heavy atom. The van der Waals surface area contributed by atoms with Crippen molar-refractivity contribution in [1.29, 1.82) is 0 Å². The highest BCUT2D eigenvalue weighted by Gasteiger charge is 1.95. The van der Waals surface area contributed by atoms with Gasteiger partial charge in [-0.1, -0.05) is 0 Å². The van der Waals surface area contributed by atoms with E-state index in [0.717, 1.165) is 5.03 Å². The highest BCUT2D eigenvalue weighted by atomic mass is 32.1. The van der Waals surface area contributed by atoms with Gasteiger partial charge >= 0.3 is 0 Å². The van der Waals surface area contributed by atoms with Gasteiger partial charge in [-0.15, -0.1) is 22.8 Å². The molecule has 0 saturated heterocycles. The van der Waals surface area contributed by atoms with Crippen molar-refractivity contribution in [2.75, 3.05) is 0 Å². The summed E-state index contributed by atoms with van der Waals surface area (Å²) < 4.78 is 1.70. The van der Waals surface area contributed by atoms with Gasteiger partial charge in [0.15, 0.2) is 0 Å². The first-order valence-corrected chi connectivity index (χ1v) is 3.16. The minimum Gasteiger partial charge on any atom is -0.260 e. The van der Waals surface area contributed by atoms with Crippen molar-refractivity contribution in [3.63, 3.8) is 0 Å². The van der Waals surface area contributed by atoms with Crippen LogP contribution in [0.1, 0.15) is 0 Å². The lowest BCUT2D eigenvalue weighted by Gasteiger charge is -1.92. The van der Waals surface area contributed by atoms with E-state index in [1.54, 1.807) is 23.0 Å². The molecule has 2 rings (SSSR count). The molecule has 0 spiro atoms. The van der Waals surface area contributed by atoms with Gasteiger partial charge in [-0.05, 0) is 6.07 Å². The van der Waals surface area contributed by atoms with Crippen LogP contribution >= 0.6 is 12.6 Å². The molecule has 4 nitrogen and oxygen atoms in total. The number of nitrogens with zero attached hydrogens (tertiary/aromatic N) is 4. The first-order valence-electron chi connectivity index (χ1n) is 2.71. The number of fused-ring (bicyclic) bond motifs is 1. The zero-order valence-electron chi connectivity index (χ0n) is 4.97. The molecule has 0 amide bonds. The maximum Gasteiger partial charge on any atom is 0.255 e. The van der Waals surface area contributed by atoms with Gasteiger partial charge in [0.25, 0.3) is 5.78 Å². The standard InChI is InChI=1S/C5H4N4S/c10-4-1-2-6-5-8-7-3-9(4)5/h1-3,10H. The molecule has 0 bridgehead atoms. The van der Waals surface area contributed by atoms with Crippen LogP contribution in [0, 0.1) is 0 Å². The molecule has 0 aliphatic rings. The maximum absolute atomic E-state index is 4.16. The fourth-order valence-corrected chi connectivity index (χ4v) is 0.937. The average molecular weight is 152 g/mol. The third-order valence-electron chi connectivity index (χ3n) is 1.19. The molecular weight excluding hydrogens is 148 g/mol. The molecule has 0 aliphatic heterocycles. The van der Waals surface area contributed by atoms with E-state index >= 15 is 0 Å². The van der Waals surface area contributed by atoms with Gasteiger partial charge in [0.05, 0.1) is 5.03 Å².